The summed E-state index contributed by atoms with van der Waals surface area (Å²) in [4.78, 5) is 20.5. The van der Waals surface area contributed by atoms with Crippen molar-refractivity contribution in [1.29, 1.82) is 0 Å². The highest BCUT2D eigenvalue weighted by Crippen LogP contribution is 2.38. The molecule has 1 aromatic rings. The summed E-state index contributed by atoms with van der Waals surface area (Å²) in [5.41, 5.74) is 2.55. The molecule has 0 bridgehead atoms. The second-order valence-corrected chi connectivity index (χ2v) is 5.47. The average molecular weight is 292 g/mol. The maximum atomic E-state index is 11.7. The molecule has 21 heavy (non-hydrogen) atoms. The summed E-state index contributed by atoms with van der Waals surface area (Å²) in [5.74, 6) is 8.04. The zero-order valence-corrected chi connectivity index (χ0v) is 12.6. The second kappa shape index (κ2) is 7.21. The third-order valence-corrected chi connectivity index (χ3v) is 3.51. The number of hydrogen-bond donors (Lipinski definition) is 4. The number of nitrogen functional groups attached to an aromatic ring is 1. The van der Waals surface area contributed by atoms with Gasteiger partial charge in [0.15, 0.2) is 0 Å². The molecular weight excluding hydrogens is 268 g/mol. The molecule has 0 aromatic carbocycles. The van der Waals surface area contributed by atoms with Gasteiger partial charge in [-0.25, -0.2) is 15.8 Å². The molecule has 116 valence electrons. The largest absolute Gasteiger partial charge is 0.369 e. The first kappa shape index (κ1) is 15.5. The van der Waals surface area contributed by atoms with Crippen LogP contribution in [0.15, 0.2) is 6.07 Å². The molecule has 1 aromatic heterocycles. The van der Waals surface area contributed by atoms with Gasteiger partial charge < -0.3 is 16.1 Å². The van der Waals surface area contributed by atoms with Crippen molar-refractivity contribution >= 4 is 17.5 Å². The van der Waals surface area contributed by atoms with Crippen LogP contribution in [-0.4, -0.2) is 28.5 Å². The Labute approximate surface area is 125 Å². The van der Waals surface area contributed by atoms with Crippen LogP contribution in [0.5, 0.6) is 0 Å². The van der Waals surface area contributed by atoms with Crippen LogP contribution >= 0.6 is 0 Å². The van der Waals surface area contributed by atoms with Gasteiger partial charge in [-0.1, -0.05) is 6.92 Å². The fourth-order valence-electron chi connectivity index (χ4n) is 1.91. The Morgan fingerprint density at radius 1 is 1.43 bits per heavy atom. The van der Waals surface area contributed by atoms with Gasteiger partial charge in [0.2, 0.25) is 5.91 Å². The summed E-state index contributed by atoms with van der Waals surface area (Å²) >= 11 is 0. The number of nitrogens with two attached hydrogens (primary N) is 1. The van der Waals surface area contributed by atoms with Crippen LogP contribution < -0.4 is 21.9 Å². The number of hydrogen-bond acceptors (Lipinski definition) is 6. The van der Waals surface area contributed by atoms with Crippen molar-refractivity contribution in [1.82, 2.24) is 15.3 Å². The summed E-state index contributed by atoms with van der Waals surface area (Å²) in [7, 11) is 0. The van der Waals surface area contributed by atoms with E-state index in [1.54, 1.807) is 6.07 Å². The molecule has 7 nitrogen and oxygen atoms in total. The lowest BCUT2D eigenvalue weighted by Gasteiger charge is -2.12. The molecule has 0 radical (unpaired) electrons. The number of carbonyl (C=O) groups excluding carboxylic acids is 1. The van der Waals surface area contributed by atoms with Gasteiger partial charge in [-0.2, -0.15) is 0 Å². The molecule has 1 aliphatic carbocycles. The summed E-state index contributed by atoms with van der Waals surface area (Å²) in [6.07, 6.45) is 3.61. The lowest BCUT2D eigenvalue weighted by Crippen LogP contribution is -2.33. The maximum Gasteiger partial charge on any atom is 0.221 e. The number of nitrogens with one attached hydrogen (secondary N) is 3. The molecule has 1 aliphatic rings. The minimum Gasteiger partial charge on any atom is -0.369 e. The predicted octanol–water partition coefficient (Wildman–Crippen LogP) is 1.36. The highest BCUT2D eigenvalue weighted by atomic mass is 16.1. The molecule has 5 N–H and O–H groups in total. The molecule has 0 saturated heterocycles. The number of rotatable bonds is 8. The predicted molar refractivity (Wildman–Crippen MR) is 82.8 cm³/mol. The van der Waals surface area contributed by atoms with Gasteiger partial charge in [-0.05, 0) is 26.2 Å². The Morgan fingerprint density at radius 3 is 2.76 bits per heavy atom. The molecule has 1 unspecified atom stereocenters. The van der Waals surface area contributed by atoms with Gasteiger partial charge in [0.1, 0.15) is 17.5 Å². The van der Waals surface area contributed by atoms with Crippen molar-refractivity contribution in [3.8, 4) is 0 Å². The van der Waals surface area contributed by atoms with Gasteiger partial charge in [0.05, 0.1) is 0 Å². The first-order chi connectivity index (χ1) is 10.1. The molecule has 1 fully saturated rings. The van der Waals surface area contributed by atoms with Crippen molar-refractivity contribution in [2.75, 3.05) is 17.3 Å². The van der Waals surface area contributed by atoms with Crippen molar-refractivity contribution in [2.45, 2.75) is 51.5 Å². The van der Waals surface area contributed by atoms with Crippen molar-refractivity contribution in [2.24, 2.45) is 5.84 Å². The van der Waals surface area contributed by atoms with Gasteiger partial charge >= 0.3 is 0 Å². The van der Waals surface area contributed by atoms with Crippen molar-refractivity contribution in [3.63, 3.8) is 0 Å². The summed E-state index contributed by atoms with van der Waals surface area (Å²) in [6, 6.07) is 1.96. The SMILES string of the molecule is CCC(C)NC(=O)CCNc1cc(NN)nc(C2CC2)n1. The highest BCUT2D eigenvalue weighted by Gasteiger charge is 2.27. The van der Waals surface area contributed by atoms with Crippen LogP contribution in [0.1, 0.15) is 51.3 Å². The van der Waals surface area contributed by atoms with E-state index < -0.39 is 0 Å². The van der Waals surface area contributed by atoms with Crippen LogP contribution in [0.25, 0.3) is 0 Å². The fraction of sp³-hybridized carbons (Fsp3) is 0.643. The Balaban J connectivity index is 1.85. The van der Waals surface area contributed by atoms with Crippen molar-refractivity contribution < 1.29 is 4.79 Å². The Hall–Kier alpha value is -1.89. The summed E-state index contributed by atoms with van der Waals surface area (Å²) in [5, 5.41) is 6.09. The molecular formula is C14H24N6O. The van der Waals surface area contributed by atoms with E-state index in [4.69, 9.17) is 5.84 Å². The fourth-order valence-corrected chi connectivity index (χ4v) is 1.91. The number of carbonyl (C=O) groups is 1. The Kier molecular flexibility index (Phi) is 5.32. The van der Waals surface area contributed by atoms with E-state index in [1.807, 2.05) is 13.8 Å². The molecule has 7 heteroatoms. The monoisotopic (exact) mass is 292 g/mol. The third-order valence-electron chi connectivity index (χ3n) is 3.51. The van der Waals surface area contributed by atoms with Gasteiger partial charge in [-0.15, -0.1) is 0 Å². The molecule has 1 saturated carbocycles. The normalized spacial score (nSPS) is 15.4. The molecule has 1 atom stereocenters. The molecule has 1 amide bonds. The molecule has 2 rings (SSSR count). The third kappa shape index (κ3) is 4.86. The average Bonchev–Trinajstić information content (AvgIpc) is 3.31. The highest BCUT2D eigenvalue weighted by molar-refractivity contribution is 5.76. The van der Waals surface area contributed by atoms with Crippen LogP contribution in [0, 0.1) is 0 Å². The van der Waals surface area contributed by atoms with E-state index in [9.17, 15) is 4.79 Å². The van der Waals surface area contributed by atoms with Crippen LogP contribution in [0.3, 0.4) is 0 Å². The van der Waals surface area contributed by atoms with E-state index in [2.05, 4.69) is 26.0 Å². The lowest BCUT2D eigenvalue weighted by atomic mass is 10.2. The quantitative estimate of drug-likeness (QED) is 0.426. The first-order valence-corrected chi connectivity index (χ1v) is 7.51. The first-order valence-electron chi connectivity index (χ1n) is 7.51. The van der Waals surface area contributed by atoms with Crippen LogP contribution in [-0.2, 0) is 4.79 Å². The van der Waals surface area contributed by atoms with Gasteiger partial charge in [-0.3, -0.25) is 4.79 Å². The summed E-state index contributed by atoms with van der Waals surface area (Å²) < 4.78 is 0. The zero-order valence-electron chi connectivity index (χ0n) is 12.6. The minimum absolute atomic E-state index is 0.0468. The minimum atomic E-state index is 0.0468. The Bertz CT molecular complexity index is 488. The van der Waals surface area contributed by atoms with E-state index >= 15 is 0 Å². The number of nitrogens with zero attached hydrogens (tertiary/aromatic N) is 2. The van der Waals surface area contributed by atoms with E-state index in [1.165, 1.54) is 0 Å². The maximum absolute atomic E-state index is 11.7. The number of hydrazine groups is 1. The zero-order chi connectivity index (χ0) is 15.2. The second-order valence-electron chi connectivity index (χ2n) is 5.47. The van der Waals surface area contributed by atoms with E-state index in [0.29, 0.717) is 30.5 Å². The van der Waals surface area contributed by atoms with Crippen molar-refractivity contribution in [3.05, 3.63) is 11.9 Å². The molecule has 0 aliphatic heterocycles. The lowest BCUT2D eigenvalue weighted by molar-refractivity contribution is -0.121. The van der Waals surface area contributed by atoms with Crippen LogP contribution in [0.4, 0.5) is 11.6 Å². The topological polar surface area (TPSA) is 105 Å². The van der Waals surface area contributed by atoms with Gasteiger partial charge in [0, 0.05) is 31.0 Å². The van der Waals surface area contributed by atoms with E-state index in [-0.39, 0.29) is 11.9 Å². The smallest absolute Gasteiger partial charge is 0.221 e. The number of aromatic nitrogens is 2. The number of amides is 1. The Morgan fingerprint density at radius 2 is 2.14 bits per heavy atom. The van der Waals surface area contributed by atoms with Gasteiger partial charge in [0.25, 0.3) is 0 Å². The van der Waals surface area contributed by atoms with E-state index in [0.717, 1.165) is 25.1 Å². The molecule has 0 spiro atoms. The van der Waals surface area contributed by atoms with Crippen LogP contribution in [0.2, 0.25) is 0 Å². The standard InChI is InChI=1S/C14H24N6O/c1-3-9(2)17-13(21)6-7-16-11-8-12(20-15)19-14(18-11)10-4-5-10/h8-10H,3-7,15H2,1-2H3,(H,17,21)(H2,16,18,19,20). The number of anilines is 2. The molecule has 1 heterocycles. The summed E-state index contributed by atoms with van der Waals surface area (Å²) in [6.45, 7) is 4.58.